The Kier molecular flexibility index (Phi) is 4.72. The molecule has 2 heteroatoms. The van der Waals surface area contributed by atoms with E-state index in [-0.39, 0.29) is 12.7 Å². The van der Waals surface area contributed by atoms with Crippen LogP contribution in [-0.2, 0) is 4.74 Å². The monoisotopic (exact) mass is 132 g/mol. The van der Waals surface area contributed by atoms with Gasteiger partial charge in [-0.15, -0.1) is 0 Å². The first-order chi connectivity index (χ1) is 4.20. The van der Waals surface area contributed by atoms with Gasteiger partial charge >= 0.3 is 0 Å². The van der Waals surface area contributed by atoms with Crippen LogP contribution in [-0.4, -0.2) is 24.9 Å². The van der Waals surface area contributed by atoms with Gasteiger partial charge in [0.15, 0.2) is 0 Å². The quantitative estimate of drug-likeness (QED) is 0.619. The number of hydrogen-bond donors (Lipinski definition) is 1. The molecule has 0 rings (SSSR count). The first-order valence-corrected chi connectivity index (χ1v) is 3.34. The predicted octanol–water partition coefficient (Wildman–Crippen LogP) is 1.04. The minimum absolute atomic E-state index is 0.0324. The molecule has 0 amide bonds. The number of ether oxygens (including phenoxy) is 1. The van der Waals surface area contributed by atoms with Gasteiger partial charge in [0.25, 0.3) is 0 Å². The average molecular weight is 132 g/mol. The molecular formula is C7H16O2. The minimum Gasteiger partial charge on any atom is -0.394 e. The van der Waals surface area contributed by atoms with Crippen LogP contribution in [0.2, 0.25) is 0 Å². The van der Waals surface area contributed by atoms with Gasteiger partial charge in [-0.3, -0.25) is 0 Å². The Balaban J connectivity index is 3.31. The Labute approximate surface area is 56.8 Å². The van der Waals surface area contributed by atoms with Crippen molar-refractivity contribution in [3.05, 3.63) is 0 Å². The molecule has 0 spiro atoms. The predicted molar refractivity (Wildman–Crippen MR) is 37.3 cm³/mol. The van der Waals surface area contributed by atoms with E-state index in [0.29, 0.717) is 5.92 Å². The van der Waals surface area contributed by atoms with Crippen molar-refractivity contribution in [2.45, 2.75) is 26.4 Å². The van der Waals surface area contributed by atoms with E-state index in [0.717, 1.165) is 6.42 Å². The molecule has 0 saturated heterocycles. The Morgan fingerprint density at radius 3 is 2.11 bits per heavy atom. The van der Waals surface area contributed by atoms with Crippen molar-refractivity contribution in [2.24, 2.45) is 5.92 Å². The second-order valence-electron chi connectivity index (χ2n) is 2.67. The lowest BCUT2D eigenvalue weighted by atomic mass is 10.1. The van der Waals surface area contributed by atoms with E-state index in [2.05, 4.69) is 13.8 Å². The summed E-state index contributed by atoms with van der Waals surface area (Å²) in [5.41, 5.74) is 0. The number of aliphatic hydroxyl groups excluding tert-OH is 1. The molecule has 1 N–H and O–H groups in total. The fourth-order valence-corrected chi connectivity index (χ4v) is 0.771. The van der Waals surface area contributed by atoms with Gasteiger partial charge in [-0.25, -0.2) is 0 Å². The van der Waals surface area contributed by atoms with Gasteiger partial charge in [-0.1, -0.05) is 13.8 Å². The van der Waals surface area contributed by atoms with Crippen LogP contribution in [0.1, 0.15) is 20.3 Å². The summed E-state index contributed by atoms with van der Waals surface area (Å²) in [6.07, 6.45) is 0.970. The summed E-state index contributed by atoms with van der Waals surface area (Å²) in [7, 11) is 1.63. The zero-order valence-corrected chi connectivity index (χ0v) is 6.42. The van der Waals surface area contributed by atoms with E-state index < -0.39 is 0 Å². The smallest absolute Gasteiger partial charge is 0.0804 e. The molecule has 0 aromatic carbocycles. The van der Waals surface area contributed by atoms with Gasteiger partial charge in [-0.05, 0) is 12.3 Å². The molecule has 0 aliphatic rings. The summed E-state index contributed by atoms with van der Waals surface area (Å²) in [4.78, 5) is 0. The van der Waals surface area contributed by atoms with Crippen molar-refractivity contribution in [2.75, 3.05) is 13.7 Å². The minimum atomic E-state index is 0.0324. The number of methoxy groups -OCH3 is 1. The largest absolute Gasteiger partial charge is 0.394 e. The summed E-state index contributed by atoms with van der Waals surface area (Å²) in [5, 5.41) is 8.65. The molecule has 0 saturated carbocycles. The molecule has 2 nitrogen and oxygen atoms in total. The highest BCUT2D eigenvalue weighted by atomic mass is 16.5. The zero-order chi connectivity index (χ0) is 7.28. The van der Waals surface area contributed by atoms with Gasteiger partial charge in [0.05, 0.1) is 12.7 Å². The summed E-state index contributed by atoms with van der Waals surface area (Å²) < 4.78 is 4.96. The third-order valence-corrected chi connectivity index (χ3v) is 1.27. The van der Waals surface area contributed by atoms with Crippen molar-refractivity contribution >= 4 is 0 Å². The van der Waals surface area contributed by atoms with Gasteiger partial charge in [-0.2, -0.15) is 0 Å². The van der Waals surface area contributed by atoms with E-state index in [1.54, 1.807) is 7.11 Å². The van der Waals surface area contributed by atoms with Crippen molar-refractivity contribution in [1.29, 1.82) is 0 Å². The molecule has 0 aliphatic heterocycles. The molecule has 0 heterocycles. The molecule has 0 aromatic rings. The van der Waals surface area contributed by atoms with Gasteiger partial charge in [0, 0.05) is 7.11 Å². The molecule has 0 fully saturated rings. The van der Waals surface area contributed by atoms with Crippen molar-refractivity contribution in [1.82, 2.24) is 0 Å². The molecule has 0 radical (unpaired) electrons. The fraction of sp³-hybridized carbons (Fsp3) is 1.00. The molecule has 0 aromatic heterocycles. The highest BCUT2D eigenvalue weighted by molar-refractivity contribution is 4.56. The third kappa shape index (κ3) is 4.43. The molecule has 1 unspecified atom stereocenters. The Morgan fingerprint density at radius 1 is 1.44 bits per heavy atom. The summed E-state index contributed by atoms with van der Waals surface area (Å²) in [6.45, 7) is 4.36. The number of rotatable bonds is 4. The maximum atomic E-state index is 8.65. The lowest BCUT2D eigenvalue weighted by Crippen LogP contribution is -2.17. The van der Waals surface area contributed by atoms with Crippen molar-refractivity contribution in [3.8, 4) is 0 Å². The third-order valence-electron chi connectivity index (χ3n) is 1.27. The Morgan fingerprint density at radius 2 is 2.00 bits per heavy atom. The second kappa shape index (κ2) is 4.77. The van der Waals surface area contributed by atoms with Crippen molar-refractivity contribution in [3.63, 3.8) is 0 Å². The summed E-state index contributed by atoms with van der Waals surface area (Å²) in [5.74, 6) is 0.599. The summed E-state index contributed by atoms with van der Waals surface area (Å²) >= 11 is 0. The number of aliphatic hydroxyl groups is 1. The maximum absolute atomic E-state index is 8.65. The van der Waals surface area contributed by atoms with E-state index in [9.17, 15) is 0 Å². The first kappa shape index (κ1) is 8.92. The molecule has 1 atom stereocenters. The number of hydrogen-bond acceptors (Lipinski definition) is 2. The van der Waals surface area contributed by atoms with E-state index in [1.165, 1.54) is 0 Å². The highest BCUT2D eigenvalue weighted by Crippen LogP contribution is 2.05. The summed E-state index contributed by atoms with van der Waals surface area (Å²) in [6, 6.07) is 0. The van der Waals surface area contributed by atoms with Crippen LogP contribution in [0.3, 0.4) is 0 Å². The van der Waals surface area contributed by atoms with Crippen LogP contribution >= 0.6 is 0 Å². The van der Waals surface area contributed by atoms with E-state index in [1.807, 2.05) is 0 Å². The van der Waals surface area contributed by atoms with Gasteiger partial charge < -0.3 is 9.84 Å². The van der Waals surface area contributed by atoms with Crippen molar-refractivity contribution < 1.29 is 9.84 Å². The van der Waals surface area contributed by atoms with Crippen LogP contribution in [0.15, 0.2) is 0 Å². The topological polar surface area (TPSA) is 29.5 Å². The normalized spacial score (nSPS) is 14.3. The van der Waals surface area contributed by atoms with E-state index >= 15 is 0 Å². The zero-order valence-electron chi connectivity index (χ0n) is 6.42. The van der Waals surface area contributed by atoms with Crippen LogP contribution in [0, 0.1) is 5.92 Å². The van der Waals surface area contributed by atoms with Crippen LogP contribution in [0.25, 0.3) is 0 Å². The van der Waals surface area contributed by atoms with E-state index in [4.69, 9.17) is 9.84 Å². The highest BCUT2D eigenvalue weighted by Gasteiger charge is 2.06. The van der Waals surface area contributed by atoms with Gasteiger partial charge in [0.2, 0.25) is 0 Å². The fourth-order valence-electron chi connectivity index (χ4n) is 0.771. The Bertz CT molecular complexity index is 57.9. The lowest BCUT2D eigenvalue weighted by Gasteiger charge is -2.13. The second-order valence-corrected chi connectivity index (χ2v) is 2.67. The standard InChI is InChI=1S/C7H16O2/c1-6(2)4-7(5-8)9-3/h6-8H,4-5H2,1-3H3. The maximum Gasteiger partial charge on any atom is 0.0804 e. The molecular weight excluding hydrogens is 116 g/mol. The first-order valence-electron chi connectivity index (χ1n) is 3.34. The van der Waals surface area contributed by atoms with Gasteiger partial charge in [0.1, 0.15) is 0 Å². The molecule has 0 aliphatic carbocycles. The van der Waals surface area contributed by atoms with Crippen LogP contribution in [0.5, 0.6) is 0 Å². The molecule has 9 heavy (non-hydrogen) atoms. The SMILES string of the molecule is COC(CO)CC(C)C. The Hall–Kier alpha value is -0.0800. The van der Waals surface area contributed by atoms with Crippen LogP contribution in [0.4, 0.5) is 0 Å². The molecule has 0 bridgehead atoms. The van der Waals surface area contributed by atoms with Crippen LogP contribution < -0.4 is 0 Å². The average Bonchev–Trinajstić information content (AvgIpc) is 1.82. The molecule has 56 valence electrons. The lowest BCUT2D eigenvalue weighted by molar-refractivity contribution is 0.0350.